The maximum absolute atomic E-state index is 5.69. The Labute approximate surface area is 113 Å². The lowest BCUT2D eigenvalue weighted by Gasteiger charge is -2.12. The average Bonchev–Trinajstić information content (AvgIpc) is 2.33. The van der Waals surface area contributed by atoms with E-state index in [-0.39, 0.29) is 4.99 Å². The van der Waals surface area contributed by atoms with Crippen molar-refractivity contribution in [3.05, 3.63) is 16.8 Å². The van der Waals surface area contributed by atoms with Crippen LogP contribution in [0.1, 0.15) is 30.2 Å². The molecule has 1 heterocycles. The maximum Gasteiger partial charge on any atom is 0.244 e. The van der Waals surface area contributed by atoms with Crippen LogP contribution in [0.25, 0.3) is 0 Å². The number of nitrogens with two attached hydrogens (primary N) is 1. The van der Waals surface area contributed by atoms with E-state index in [9.17, 15) is 0 Å². The molecule has 2 N–H and O–H groups in total. The second-order valence-electron chi connectivity index (χ2n) is 3.92. The second kappa shape index (κ2) is 7.23. The molecule has 0 aliphatic carbocycles. The summed E-state index contributed by atoms with van der Waals surface area (Å²) in [5.74, 6) is 0.380. The van der Waals surface area contributed by atoms with Gasteiger partial charge in [-0.15, -0.1) is 5.10 Å². The molecule has 0 aliphatic rings. The Bertz CT molecular complexity index is 424. The lowest BCUT2D eigenvalue weighted by Crippen LogP contribution is -2.18. The molecule has 5 nitrogen and oxygen atoms in total. The molecular formula is C12H19N3O2S. The molecule has 0 atom stereocenters. The van der Waals surface area contributed by atoms with Crippen LogP contribution in [0.2, 0.25) is 0 Å². The molecule has 1 aromatic heterocycles. The van der Waals surface area contributed by atoms with Gasteiger partial charge in [-0.05, 0) is 25.8 Å². The monoisotopic (exact) mass is 269 g/mol. The quantitative estimate of drug-likeness (QED) is 0.598. The van der Waals surface area contributed by atoms with Crippen molar-refractivity contribution in [1.29, 1.82) is 0 Å². The summed E-state index contributed by atoms with van der Waals surface area (Å²) in [4.78, 5) is 0.273. The minimum Gasteiger partial charge on any atom is -0.474 e. The number of aromatic nitrogens is 2. The third-order valence-electron chi connectivity index (χ3n) is 2.48. The molecule has 0 unspecified atom stereocenters. The van der Waals surface area contributed by atoms with Crippen LogP contribution in [0.5, 0.6) is 5.88 Å². The molecule has 0 spiro atoms. The number of nitrogens with zero attached hydrogens (tertiary/aromatic N) is 2. The second-order valence-corrected chi connectivity index (χ2v) is 4.36. The van der Waals surface area contributed by atoms with E-state index in [2.05, 4.69) is 17.1 Å². The summed E-state index contributed by atoms with van der Waals surface area (Å²) in [6, 6.07) is 0. The van der Waals surface area contributed by atoms with Crippen molar-refractivity contribution >= 4 is 17.2 Å². The normalized spacial score (nSPS) is 10.4. The zero-order valence-electron chi connectivity index (χ0n) is 11.0. The van der Waals surface area contributed by atoms with Crippen LogP contribution >= 0.6 is 12.2 Å². The third-order valence-corrected chi connectivity index (χ3v) is 2.69. The Balaban J connectivity index is 2.70. The van der Waals surface area contributed by atoms with E-state index in [1.54, 1.807) is 0 Å². The summed E-state index contributed by atoms with van der Waals surface area (Å²) in [5, 5.41) is 7.99. The molecule has 0 saturated carbocycles. The van der Waals surface area contributed by atoms with Gasteiger partial charge in [0, 0.05) is 6.61 Å². The van der Waals surface area contributed by atoms with E-state index >= 15 is 0 Å². The van der Waals surface area contributed by atoms with Crippen molar-refractivity contribution in [2.75, 3.05) is 19.8 Å². The molecular weight excluding hydrogens is 250 g/mol. The van der Waals surface area contributed by atoms with E-state index in [4.69, 9.17) is 27.4 Å². The highest BCUT2D eigenvalue weighted by molar-refractivity contribution is 7.80. The first-order valence-corrected chi connectivity index (χ1v) is 6.33. The zero-order chi connectivity index (χ0) is 13.5. The predicted molar refractivity (Wildman–Crippen MR) is 74.0 cm³/mol. The lowest BCUT2D eigenvalue weighted by atomic mass is 10.1. The van der Waals surface area contributed by atoms with Crippen LogP contribution in [0.15, 0.2) is 0 Å². The molecule has 0 bridgehead atoms. The molecule has 0 saturated heterocycles. The van der Waals surface area contributed by atoms with Gasteiger partial charge in [0.2, 0.25) is 5.88 Å². The fourth-order valence-electron chi connectivity index (χ4n) is 1.42. The van der Waals surface area contributed by atoms with Gasteiger partial charge < -0.3 is 15.2 Å². The van der Waals surface area contributed by atoms with Crippen LogP contribution in [-0.2, 0) is 4.74 Å². The van der Waals surface area contributed by atoms with E-state index in [0.717, 1.165) is 24.3 Å². The van der Waals surface area contributed by atoms with Crippen molar-refractivity contribution < 1.29 is 9.47 Å². The zero-order valence-corrected chi connectivity index (χ0v) is 11.8. The highest BCUT2D eigenvalue weighted by Gasteiger charge is 2.14. The summed E-state index contributed by atoms with van der Waals surface area (Å²) in [6.07, 6.45) is 0.988. The number of ether oxygens (including phenoxy) is 2. The highest BCUT2D eigenvalue weighted by atomic mass is 32.1. The van der Waals surface area contributed by atoms with Gasteiger partial charge in [-0.2, -0.15) is 5.10 Å². The summed E-state index contributed by atoms with van der Waals surface area (Å²) in [5.41, 5.74) is 8.05. The molecule has 6 heteroatoms. The number of hydrogen-bond acceptors (Lipinski definition) is 5. The molecule has 0 aliphatic heterocycles. The molecule has 0 fully saturated rings. The van der Waals surface area contributed by atoms with Crippen LogP contribution in [0.4, 0.5) is 0 Å². The first-order chi connectivity index (χ1) is 8.57. The average molecular weight is 269 g/mol. The van der Waals surface area contributed by atoms with Gasteiger partial charge in [0.1, 0.15) is 11.6 Å². The van der Waals surface area contributed by atoms with Gasteiger partial charge in [0.25, 0.3) is 0 Å². The Morgan fingerprint density at radius 2 is 1.94 bits per heavy atom. The SMILES string of the molecule is CCCOCCOc1nnc(C)c(C)c1C(N)=S. The summed E-state index contributed by atoms with van der Waals surface area (Å²) in [6.45, 7) is 7.47. The lowest BCUT2D eigenvalue weighted by molar-refractivity contribution is 0.0985. The molecule has 0 aromatic carbocycles. The Kier molecular flexibility index (Phi) is 5.94. The predicted octanol–water partition coefficient (Wildman–Crippen LogP) is 1.53. The van der Waals surface area contributed by atoms with Crippen molar-refractivity contribution in [3.63, 3.8) is 0 Å². The highest BCUT2D eigenvalue weighted by Crippen LogP contribution is 2.20. The minimum absolute atomic E-state index is 0.273. The van der Waals surface area contributed by atoms with Gasteiger partial charge in [-0.1, -0.05) is 19.1 Å². The molecule has 100 valence electrons. The van der Waals surface area contributed by atoms with E-state index in [0.29, 0.717) is 24.7 Å². The van der Waals surface area contributed by atoms with Crippen molar-refractivity contribution in [1.82, 2.24) is 10.2 Å². The molecule has 1 aromatic rings. The Hall–Kier alpha value is -1.27. The Morgan fingerprint density at radius 3 is 2.56 bits per heavy atom. The van der Waals surface area contributed by atoms with E-state index < -0.39 is 0 Å². The minimum atomic E-state index is 0.273. The maximum atomic E-state index is 5.69. The largest absolute Gasteiger partial charge is 0.474 e. The molecule has 1 rings (SSSR count). The van der Waals surface area contributed by atoms with Crippen molar-refractivity contribution in [2.45, 2.75) is 27.2 Å². The summed E-state index contributed by atoms with van der Waals surface area (Å²) < 4.78 is 10.8. The van der Waals surface area contributed by atoms with Gasteiger partial charge in [-0.25, -0.2) is 0 Å². The third kappa shape index (κ3) is 3.89. The molecule has 18 heavy (non-hydrogen) atoms. The van der Waals surface area contributed by atoms with Gasteiger partial charge in [0.05, 0.1) is 17.9 Å². The number of thiocarbonyl (C=S) groups is 1. The van der Waals surface area contributed by atoms with Crippen molar-refractivity contribution in [3.8, 4) is 5.88 Å². The van der Waals surface area contributed by atoms with Crippen LogP contribution in [-0.4, -0.2) is 35.0 Å². The number of hydrogen-bond donors (Lipinski definition) is 1. The van der Waals surface area contributed by atoms with Gasteiger partial charge in [0.15, 0.2) is 0 Å². The van der Waals surface area contributed by atoms with Crippen molar-refractivity contribution in [2.24, 2.45) is 5.73 Å². The van der Waals surface area contributed by atoms with Crippen LogP contribution in [0, 0.1) is 13.8 Å². The standard InChI is InChI=1S/C12H19N3O2S/c1-4-5-16-6-7-17-12-10(11(13)18)8(2)9(3)14-15-12/h4-7H2,1-3H3,(H2,13,18). The smallest absolute Gasteiger partial charge is 0.244 e. The molecule has 0 amide bonds. The first kappa shape index (κ1) is 14.8. The van der Waals surface area contributed by atoms with Gasteiger partial charge in [-0.3, -0.25) is 0 Å². The fraction of sp³-hybridized carbons (Fsp3) is 0.583. The molecule has 0 radical (unpaired) electrons. The Morgan fingerprint density at radius 1 is 1.22 bits per heavy atom. The first-order valence-electron chi connectivity index (χ1n) is 5.92. The van der Waals surface area contributed by atoms with Gasteiger partial charge >= 0.3 is 0 Å². The fourth-order valence-corrected chi connectivity index (χ4v) is 1.66. The number of rotatable bonds is 7. The van der Waals surface area contributed by atoms with Crippen LogP contribution in [0.3, 0.4) is 0 Å². The summed E-state index contributed by atoms with van der Waals surface area (Å²) >= 11 is 5.02. The number of aryl methyl sites for hydroxylation is 1. The summed E-state index contributed by atoms with van der Waals surface area (Å²) in [7, 11) is 0. The topological polar surface area (TPSA) is 70.3 Å². The van der Waals surface area contributed by atoms with E-state index in [1.165, 1.54) is 0 Å². The van der Waals surface area contributed by atoms with E-state index in [1.807, 2.05) is 13.8 Å². The van der Waals surface area contributed by atoms with Crippen LogP contribution < -0.4 is 10.5 Å².